The van der Waals surface area contributed by atoms with Gasteiger partial charge < -0.3 is 20.4 Å². The van der Waals surface area contributed by atoms with Gasteiger partial charge in [-0.15, -0.1) is 0 Å². The van der Waals surface area contributed by atoms with Crippen LogP contribution in [0, 0.1) is 0 Å². The number of nitrogens with two attached hydrogens (primary N) is 1. The molecule has 0 spiro atoms. The number of hydrogen-bond donors (Lipinski definition) is 2. The molecule has 17 heavy (non-hydrogen) atoms. The second-order valence-corrected chi connectivity index (χ2v) is 4.16. The molecule has 0 aliphatic rings. The van der Waals surface area contributed by atoms with Gasteiger partial charge in [0.2, 0.25) is 0 Å². The molecule has 0 amide bonds. The molecule has 102 valence electrons. The van der Waals surface area contributed by atoms with Gasteiger partial charge in [-0.2, -0.15) is 0 Å². The fourth-order valence-corrected chi connectivity index (χ4v) is 1.35. The first-order valence-corrected chi connectivity index (χ1v) is 5.84. The average Bonchev–Trinajstić information content (AvgIpc) is 2.31. The molecule has 0 fully saturated rings. The maximum Gasteiger partial charge on any atom is 0.168 e. The van der Waals surface area contributed by atoms with E-state index in [0.29, 0.717) is 19.3 Å². The van der Waals surface area contributed by atoms with Crippen molar-refractivity contribution in [2.45, 2.75) is 32.9 Å². The second-order valence-electron chi connectivity index (χ2n) is 4.16. The van der Waals surface area contributed by atoms with Crippen molar-refractivity contribution >= 4 is 5.84 Å². The predicted molar refractivity (Wildman–Crippen MR) is 67.4 cm³/mol. The monoisotopic (exact) mass is 247 g/mol. The Labute approximate surface area is 103 Å². The summed E-state index contributed by atoms with van der Waals surface area (Å²) in [5.74, 6) is 0.0954. The molecular weight excluding hydrogens is 222 g/mol. The molecule has 6 heteroatoms. The molecule has 0 bridgehead atoms. The van der Waals surface area contributed by atoms with Crippen molar-refractivity contribution in [1.29, 1.82) is 0 Å². The first-order valence-electron chi connectivity index (χ1n) is 5.84. The van der Waals surface area contributed by atoms with Gasteiger partial charge >= 0.3 is 0 Å². The van der Waals surface area contributed by atoms with E-state index in [1.807, 2.05) is 0 Å². The number of amidine groups is 1. The first kappa shape index (κ1) is 16.1. The fourth-order valence-electron chi connectivity index (χ4n) is 1.35. The zero-order valence-electron chi connectivity index (χ0n) is 11.2. The van der Waals surface area contributed by atoms with E-state index in [2.05, 4.69) is 23.9 Å². The predicted octanol–water partition coefficient (Wildman–Crippen LogP) is 0.495. The summed E-state index contributed by atoms with van der Waals surface area (Å²) < 4.78 is 10.5. The summed E-state index contributed by atoms with van der Waals surface area (Å²) in [6, 6.07) is 0.438. The van der Waals surface area contributed by atoms with E-state index in [1.54, 1.807) is 14.0 Å². The van der Waals surface area contributed by atoms with Crippen molar-refractivity contribution in [3.05, 3.63) is 0 Å². The van der Waals surface area contributed by atoms with Crippen molar-refractivity contribution in [2.24, 2.45) is 10.9 Å². The number of oxime groups is 1. The topological polar surface area (TPSA) is 80.3 Å². The van der Waals surface area contributed by atoms with E-state index in [0.717, 1.165) is 13.1 Å². The summed E-state index contributed by atoms with van der Waals surface area (Å²) in [7, 11) is 1.69. The quantitative estimate of drug-likeness (QED) is 0.268. The highest BCUT2D eigenvalue weighted by atomic mass is 16.5. The van der Waals surface area contributed by atoms with Crippen LogP contribution in [-0.2, 0) is 9.47 Å². The minimum absolute atomic E-state index is 0.0954. The minimum Gasteiger partial charge on any atom is -0.409 e. The Morgan fingerprint density at radius 3 is 2.35 bits per heavy atom. The zero-order chi connectivity index (χ0) is 13.3. The lowest BCUT2D eigenvalue weighted by Gasteiger charge is -2.26. The number of rotatable bonds is 9. The largest absolute Gasteiger partial charge is 0.409 e. The number of methoxy groups -OCH3 is 1. The highest BCUT2D eigenvalue weighted by molar-refractivity contribution is 5.83. The third-order valence-electron chi connectivity index (χ3n) is 2.59. The lowest BCUT2D eigenvalue weighted by molar-refractivity contribution is 0.0610. The summed E-state index contributed by atoms with van der Waals surface area (Å²) in [4.78, 5) is 2.25. The SMILES string of the molecule is COCCN(CCOC(C)C(N)=NO)C(C)C. The molecule has 0 aliphatic heterocycles. The smallest absolute Gasteiger partial charge is 0.168 e. The normalized spacial score (nSPS) is 14.6. The van der Waals surface area contributed by atoms with E-state index in [9.17, 15) is 0 Å². The van der Waals surface area contributed by atoms with Gasteiger partial charge in [0.25, 0.3) is 0 Å². The van der Waals surface area contributed by atoms with Crippen molar-refractivity contribution < 1.29 is 14.7 Å². The highest BCUT2D eigenvalue weighted by Gasteiger charge is 2.11. The maximum absolute atomic E-state index is 8.47. The van der Waals surface area contributed by atoms with Crippen LogP contribution in [0.25, 0.3) is 0 Å². The molecule has 0 radical (unpaired) electrons. The Hall–Kier alpha value is -0.850. The van der Waals surface area contributed by atoms with Crippen LogP contribution in [0.4, 0.5) is 0 Å². The van der Waals surface area contributed by atoms with Gasteiger partial charge in [0.05, 0.1) is 13.2 Å². The molecule has 0 rings (SSSR count). The van der Waals surface area contributed by atoms with Crippen molar-refractivity contribution in [3.8, 4) is 0 Å². The summed E-state index contributed by atoms with van der Waals surface area (Å²) in [5, 5.41) is 11.4. The third kappa shape index (κ3) is 7.14. The molecule has 3 N–H and O–H groups in total. The van der Waals surface area contributed by atoms with Crippen LogP contribution in [0.5, 0.6) is 0 Å². The van der Waals surface area contributed by atoms with Crippen molar-refractivity contribution in [3.63, 3.8) is 0 Å². The molecule has 0 saturated carbocycles. The molecule has 0 saturated heterocycles. The van der Waals surface area contributed by atoms with E-state index in [-0.39, 0.29) is 11.9 Å². The molecule has 1 unspecified atom stereocenters. The molecule has 0 aromatic heterocycles. The maximum atomic E-state index is 8.47. The second kappa shape index (κ2) is 9.21. The molecule has 0 aromatic carbocycles. The van der Waals surface area contributed by atoms with Crippen LogP contribution in [0.2, 0.25) is 0 Å². The summed E-state index contributed by atoms with van der Waals surface area (Å²) in [6.07, 6.45) is -0.364. The molecule has 0 aromatic rings. The lowest BCUT2D eigenvalue weighted by atomic mass is 10.3. The van der Waals surface area contributed by atoms with Gasteiger partial charge in [0, 0.05) is 26.2 Å². The summed E-state index contributed by atoms with van der Waals surface area (Å²) in [5.41, 5.74) is 5.41. The summed E-state index contributed by atoms with van der Waals surface area (Å²) >= 11 is 0. The molecule has 6 nitrogen and oxygen atoms in total. The Balaban J connectivity index is 3.89. The Kier molecular flexibility index (Phi) is 8.75. The van der Waals surface area contributed by atoms with Crippen molar-refractivity contribution in [1.82, 2.24) is 4.90 Å². The highest BCUT2D eigenvalue weighted by Crippen LogP contribution is 1.99. The Bertz CT molecular complexity index is 222. The molecule has 0 aliphatic carbocycles. The Morgan fingerprint density at radius 1 is 1.29 bits per heavy atom. The lowest BCUT2D eigenvalue weighted by Crippen LogP contribution is -2.38. The van der Waals surface area contributed by atoms with Gasteiger partial charge in [-0.05, 0) is 20.8 Å². The zero-order valence-corrected chi connectivity index (χ0v) is 11.2. The van der Waals surface area contributed by atoms with E-state index in [1.165, 1.54) is 0 Å². The van der Waals surface area contributed by atoms with Gasteiger partial charge in [0.1, 0.15) is 6.10 Å². The van der Waals surface area contributed by atoms with Gasteiger partial charge in [-0.25, -0.2) is 0 Å². The van der Waals surface area contributed by atoms with E-state index < -0.39 is 0 Å². The van der Waals surface area contributed by atoms with Crippen LogP contribution in [0.15, 0.2) is 5.16 Å². The number of ether oxygens (including phenoxy) is 2. The van der Waals surface area contributed by atoms with Crippen LogP contribution in [0.3, 0.4) is 0 Å². The fraction of sp³-hybridized carbons (Fsp3) is 0.909. The van der Waals surface area contributed by atoms with E-state index in [4.69, 9.17) is 20.4 Å². The third-order valence-corrected chi connectivity index (χ3v) is 2.59. The van der Waals surface area contributed by atoms with Crippen LogP contribution < -0.4 is 5.73 Å². The molecule has 1 atom stereocenters. The minimum atomic E-state index is -0.364. The summed E-state index contributed by atoms with van der Waals surface area (Å²) in [6.45, 7) is 8.92. The van der Waals surface area contributed by atoms with E-state index >= 15 is 0 Å². The first-order chi connectivity index (χ1) is 8.02. The van der Waals surface area contributed by atoms with Crippen LogP contribution in [-0.4, -0.2) is 61.5 Å². The standard InChI is InChI=1S/C11H25N3O3/c1-9(2)14(5-7-16-4)6-8-17-10(3)11(12)13-15/h9-10,15H,5-8H2,1-4H3,(H2,12,13). The van der Waals surface area contributed by atoms with Crippen LogP contribution in [0.1, 0.15) is 20.8 Å². The van der Waals surface area contributed by atoms with Crippen LogP contribution >= 0.6 is 0 Å². The van der Waals surface area contributed by atoms with Gasteiger partial charge in [-0.1, -0.05) is 5.16 Å². The van der Waals surface area contributed by atoms with Gasteiger partial charge in [0.15, 0.2) is 5.84 Å². The number of nitrogens with zero attached hydrogens (tertiary/aromatic N) is 2. The average molecular weight is 247 g/mol. The Morgan fingerprint density at radius 2 is 1.88 bits per heavy atom. The molecule has 0 heterocycles. The molecular formula is C11H25N3O3. The van der Waals surface area contributed by atoms with Gasteiger partial charge in [-0.3, -0.25) is 4.90 Å². The van der Waals surface area contributed by atoms with Crippen molar-refractivity contribution in [2.75, 3.05) is 33.4 Å². The number of hydrogen-bond acceptors (Lipinski definition) is 5.